The van der Waals surface area contributed by atoms with Crippen molar-refractivity contribution in [3.05, 3.63) is 59.8 Å². The Morgan fingerprint density at radius 2 is 1.57 bits per heavy atom. The number of hydrogen-bond donors (Lipinski definition) is 5. The lowest BCUT2D eigenvalue weighted by molar-refractivity contribution is -0.131. The zero-order chi connectivity index (χ0) is 29.1. The van der Waals surface area contributed by atoms with Gasteiger partial charge in [0.1, 0.15) is 12.1 Å². The Labute approximate surface area is 241 Å². The molecule has 8 nitrogen and oxygen atoms in total. The van der Waals surface area contributed by atoms with Crippen molar-refractivity contribution < 1.29 is 14.4 Å². The minimum atomic E-state index is -0.838. The van der Waals surface area contributed by atoms with E-state index in [2.05, 4.69) is 63.5 Å². The van der Waals surface area contributed by atoms with Crippen molar-refractivity contribution in [2.24, 2.45) is 0 Å². The van der Waals surface area contributed by atoms with Crippen LogP contribution in [0.15, 0.2) is 48.7 Å². The molecule has 3 rings (SSSR count). The minimum absolute atomic E-state index is 0.287. The molecule has 0 aliphatic rings. The van der Waals surface area contributed by atoms with Crippen molar-refractivity contribution in [1.82, 2.24) is 25.8 Å². The molecular formula is C31H42ClN5O3. The van der Waals surface area contributed by atoms with Gasteiger partial charge in [-0.15, -0.1) is 0 Å². The standard InChI is InChI=1S/C31H42ClN5O3/c1-5-9-20(3)34-30(39)28(11-7-8-16-33-32)37-31(40)29(35-21(4)38)19-23-13-15-27-25(18-23)24-17-22(10-6-2)12-14-26(24)36-27/h12-15,17-18,28-29,33,36H,3,5-11,16,19H2,1-2,4H3,(H,34,39)(H,35,38)(H,37,40)/t28-,29?/m1/s1. The highest BCUT2D eigenvalue weighted by Gasteiger charge is 2.26. The Hall–Kier alpha value is -3.36. The maximum absolute atomic E-state index is 13.5. The number of aromatic nitrogens is 1. The molecule has 3 aromatic rings. The molecule has 2 aromatic carbocycles. The molecule has 0 saturated carbocycles. The van der Waals surface area contributed by atoms with Gasteiger partial charge in [0, 0.05) is 47.4 Å². The first-order valence-electron chi connectivity index (χ1n) is 14.2. The summed E-state index contributed by atoms with van der Waals surface area (Å²) in [6.07, 6.45) is 5.74. The van der Waals surface area contributed by atoms with Gasteiger partial charge in [-0.25, -0.2) is 4.84 Å². The zero-order valence-corrected chi connectivity index (χ0v) is 24.5. The number of carbonyl (C=O) groups excluding carboxylic acids is 3. The van der Waals surface area contributed by atoms with Crippen molar-refractivity contribution >= 4 is 51.3 Å². The molecule has 1 unspecified atom stereocenters. The second-order valence-corrected chi connectivity index (χ2v) is 10.6. The van der Waals surface area contributed by atoms with E-state index in [-0.39, 0.29) is 18.2 Å². The third-order valence-corrected chi connectivity index (χ3v) is 7.09. The highest BCUT2D eigenvalue weighted by Crippen LogP contribution is 2.28. The van der Waals surface area contributed by atoms with E-state index < -0.39 is 18.0 Å². The smallest absolute Gasteiger partial charge is 0.246 e. The lowest BCUT2D eigenvalue weighted by Gasteiger charge is -2.23. The van der Waals surface area contributed by atoms with Crippen molar-refractivity contribution in [2.75, 3.05) is 6.54 Å². The number of halogens is 1. The summed E-state index contributed by atoms with van der Waals surface area (Å²) in [5.74, 6) is -1.03. The van der Waals surface area contributed by atoms with Crippen LogP contribution in [0.25, 0.3) is 21.8 Å². The lowest BCUT2D eigenvalue weighted by atomic mass is 10.0. The molecule has 3 amide bonds. The highest BCUT2D eigenvalue weighted by molar-refractivity contribution is 6.13. The van der Waals surface area contributed by atoms with E-state index in [4.69, 9.17) is 11.8 Å². The van der Waals surface area contributed by atoms with E-state index in [9.17, 15) is 14.4 Å². The Morgan fingerprint density at radius 3 is 2.20 bits per heavy atom. The van der Waals surface area contributed by atoms with E-state index in [0.29, 0.717) is 31.5 Å². The first-order chi connectivity index (χ1) is 19.2. The molecule has 9 heteroatoms. The maximum Gasteiger partial charge on any atom is 0.246 e. The zero-order valence-electron chi connectivity index (χ0n) is 23.8. The van der Waals surface area contributed by atoms with Gasteiger partial charge in [0.2, 0.25) is 17.7 Å². The molecule has 0 fully saturated rings. The number of H-pyrrole nitrogens is 1. The first kappa shape index (κ1) is 31.2. The molecule has 0 aliphatic heterocycles. The quantitative estimate of drug-likeness (QED) is 0.122. The lowest BCUT2D eigenvalue weighted by Crippen LogP contribution is -2.54. The Balaban J connectivity index is 1.82. The summed E-state index contributed by atoms with van der Waals surface area (Å²) in [6.45, 7) is 10.1. The molecule has 216 valence electrons. The van der Waals surface area contributed by atoms with E-state index in [1.54, 1.807) is 0 Å². The monoisotopic (exact) mass is 567 g/mol. The molecule has 0 bridgehead atoms. The fourth-order valence-electron chi connectivity index (χ4n) is 4.96. The molecule has 0 spiro atoms. The summed E-state index contributed by atoms with van der Waals surface area (Å²) in [6, 6.07) is 10.9. The van der Waals surface area contributed by atoms with E-state index in [1.165, 1.54) is 12.5 Å². The van der Waals surface area contributed by atoms with Gasteiger partial charge < -0.3 is 20.9 Å². The number of benzene rings is 2. The number of carbonyl (C=O) groups is 3. The molecule has 2 atom stereocenters. The van der Waals surface area contributed by atoms with Gasteiger partial charge in [0.25, 0.3) is 0 Å². The Kier molecular flexibility index (Phi) is 12.0. The fourth-order valence-corrected chi connectivity index (χ4v) is 5.09. The van der Waals surface area contributed by atoms with Gasteiger partial charge in [-0.1, -0.05) is 45.4 Å². The number of amides is 3. The predicted octanol–water partition coefficient (Wildman–Crippen LogP) is 5.15. The van der Waals surface area contributed by atoms with E-state index in [1.807, 2.05) is 19.1 Å². The van der Waals surface area contributed by atoms with Crippen LogP contribution in [0.3, 0.4) is 0 Å². The molecular weight excluding hydrogens is 526 g/mol. The molecule has 0 aliphatic carbocycles. The number of allylic oxidation sites excluding steroid dienone is 1. The molecule has 1 aromatic heterocycles. The van der Waals surface area contributed by atoms with Crippen LogP contribution in [0.2, 0.25) is 0 Å². The van der Waals surface area contributed by atoms with Gasteiger partial charge in [-0.3, -0.25) is 14.4 Å². The second-order valence-electron chi connectivity index (χ2n) is 10.4. The third-order valence-electron chi connectivity index (χ3n) is 6.90. The fraction of sp³-hybridized carbons (Fsp3) is 0.452. The summed E-state index contributed by atoms with van der Waals surface area (Å²) in [4.78, 5) is 44.6. The predicted molar refractivity (Wildman–Crippen MR) is 163 cm³/mol. The Morgan fingerprint density at radius 1 is 0.900 bits per heavy atom. The highest BCUT2D eigenvalue weighted by atomic mass is 35.5. The topological polar surface area (TPSA) is 115 Å². The molecule has 5 N–H and O–H groups in total. The number of rotatable bonds is 16. The van der Waals surface area contributed by atoms with E-state index >= 15 is 0 Å². The largest absolute Gasteiger partial charge is 0.355 e. The average molecular weight is 568 g/mol. The van der Waals surface area contributed by atoms with Crippen molar-refractivity contribution in [3.8, 4) is 0 Å². The molecule has 1 heterocycles. The molecule has 0 radical (unpaired) electrons. The molecule has 0 saturated heterocycles. The van der Waals surface area contributed by atoms with Gasteiger partial charge in [-0.05, 0) is 79.3 Å². The van der Waals surface area contributed by atoms with Gasteiger partial charge in [-0.2, -0.15) is 0 Å². The van der Waals surface area contributed by atoms with Crippen molar-refractivity contribution in [1.29, 1.82) is 0 Å². The average Bonchev–Trinajstić information content (AvgIpc) is 3.27. The summed E-state index contributed by atoms with van der Waals surface area (Å²) in [5, 5.41) is 10.7. The van der Waals surface area contributed by atoms with Crippen LogP contribution in [0, 0.1) is 0 Å². The third kappa shape index (κ3) is 8.83. The van der Waals surface area contributed by atoms with E-state index in [0.717, 1.165) is 53.1 Å². The number of hydrogen-bond acceptors (Lipinski definition) is 4. The van der Waals surface area contributed by atoms with Crippen LogP contribution in [-0.2, 0) is 27.2 Å². The maximum atomic E-state index is 13.5. The Bertz CT molecular complexity index is 1340. The van der Waals surface area contributed by atoms with Crippen molar-refractivity contribution in [3.63, 3.8) is 0 Å². The van der Waals surface area contributed by atoms with Crippen LogP contribution < -0.4 is 20.8 Å². The van der Waals surface area contributed by atoms with Gasteiger partial charge in [0.05, 0.1) is 0 Å². The number of unbranched alkanes of at least 4 members (excludes halogenated alkanes) is 1. The van der Waals surface area contributed by atoms with Crippen LogP contribution >= 0.6 is 11.8 Å². The number of fused-ring (bicyclic) bond motifs is 3. The summed E-state index contributed by atoms with van der Waals surface area (Å²) in [5.41, 5.74) is 4.88. The van der Waals surface area contributed by atoms with Crippen LogP contribution in [0.5, 0.6) is 0 Å². The van der Waals surface area contributed by atoms with Gasteiger partial charge in [0.15, 0.2) is 0 Å². The summed E-state index contributed by atoms with van der Waals surface area (Å²) < 4.78 is 0. The van der Waals surface area contributed by atoms with Crippen LogP contribution in [0.1, 0.15) is 70.4 Å². The number of aryl methyl sites for hydroxylation is 1. The first-order valence-corrected chi connectivity index (χ1v) is 14.6. The van der Waals surface area contributed by atoms with Gasteiger partial charge >= 0.3 is 0 Å². The molecule has 40 heavy (non-hydrogen) atoms. The van der Waals surface area contributed by atoms with Crippen LogP contribution in [-0.4, -0.2) is 41.3 Å². The summed E-state index contributed by atoms with van der Waals surface area (Å²) >= 11 is 5.56. The minimum Gasteiger partial charge on any atom is -0.355 e. The number of nitrogens with one attached hydrogen (secondary N) is 5. The normalized spacial score (nSPS) is 12.7. The van der Waals surface area contributed by atoms with Crippen molar-refractivity contribution in [2.45, 2.75) is 84.2 Å². The number of aromatic amines is 1. The second kappa shape index (κ2) is 15.4. The summed E-state index contributed by atoms with van der Waals surface area (Å²) in [7, 11) is 0. The van der Waals surface area contributed by atoms with Crippen LogP contribution in [0.4, 0.5) is 0 Å². The SMILES string of the molecule is C=C(CCC)NC(=O)[C@@H](CCCCNCl)NC(=O)C(Cc1ccc2[nH]c3ccc(CCC)cc3c2c1)NC(C)=O.